The number of carbonyl (C=O) groups is 2. The Labute approximate surface area is 149 Å². The van der Waals surface area contributed by atoms with Gasteiger partial charge in [0.2, 0.25) is 11.8 Å². The number of hydrogen-bond donors (Lipinski definition) is 1. The summed E-state index contributed by atoms with van der Waals surface area (Å²) >= 11 is 0. The monoisotopic (exact) mass is 344 g/mol. The standard InChI is InChI=1S/C19H28N4O2/c1-2-3-5-17(24)22-10-4-8-19(13-22)9-6-18(25)23(14-19)11-7-16-12-20-15-21-16/h2-3,12,15H,4-11,13-14H2,1H3,(H,20,21)/b3-2+/t19-/m1/s1. The predicted octanol–water partition coefficient (Wildman–Crippen LogP) is 2.15. The highest BCUT2D eigenvalue weighted by Crippen LogP contribution is 2.39. The van der Waals surface area contributed by atoms with Gasteiger partial charge in [0.15, 0.2) is 0 Å². The largest absolute Gasteiger partial charge is 0.348 e. The Balaban J connectivity index is 1.62. The molecular weight excluding hydrogens is 316 g/mol. The first-order valence-corrected chi connectivity index (χ1v) is 9.26. The third-order valence-corrected chi connectivity index (χ3v) is 5.50. The maximum absolute atomic E-state index is 12.4. The zero-order chi connectivity index (χ0) is 17.7. The van der Waals surface area contributed by atoms with Crippen molar-refractivity contribution in [1.82, 2.24) is 19.8 Å². The number of aromatic nitrogens is 2. The zero-order valence-electron chi connectivity index (χ0n) is 15.0. The number of carbonyl (C=O) groups excluding carboxylic acids is 2. The number of nitrogens with one attached hydrogen (secondary N) is 1. The molecule has 0 saturated carbocycles. The highest BCUT2D eigenvalue weighted by Gasteiger charge is 2.42. The fourth-order valence-electron chi connectivity index (χ4n) is 4.08. The number of piperidine rings is 2. The molecule has 0 bridgehead atoms. The Bertz CT molecular complexity index is 625. The quantitative estimate of drug-likeness (QED) is 0.832. The van der Waals surface area contributed by atoms with Gasteiger partial charge in [0, 0.05) is 62.7 Å². The van der Waals surface area contributed by atoms with E-state index in [0.717, 1.165) is 57.6 Å². The van der Waals surface area contributed by atoms with E-state index >= 15 is 0 Å². The van der Waals surface area contributed by atoms with Gasteiger partial charge < -0.3 is 14.8 Å². The summed E-state index contributed by atoms with van der Waals surface area (Å²) in [6.45, 7) is 5.06. The lowest BCUT2D eigenvalue weighted by Crippen LogP contribution is -2.55. The van der Waals surface area contributed by atoms with Crippen molar-refractivity contribution in [2.75, 3.05) is 26.2 Å². The van der Waals surface area contributed by atoms with Crippen LogP contribution in [0.4, 0.5) is 0 Å². The van der Waals surface area contributed by atoms with E-state index in [4.69, 9.17) is 0 Å². The van der Waals surface area contributed by atoms with E-state index in [1.807, 2.05) is 35.1 Å². The van der Waals surface area contributed by atoms with E-state index < -0.39 is 0 Å². The number of H-pyrrole nitrogens is 1. The molecule has 2 amide bonds. The Morgan fingerprint density at radius 1 is 1.40 bits per heavy atom. The van der Waals surface area contributed by atoms with E-state index in [1.165, 1.54) is 0 Å². The summed E-state index contributed by atoms with van der Waals surface area (Å²) in [4.78, 5) is 35.9. The van der Waals surface area contributed by atoms with Crippen molar-refractivity contribution in [3.05, 3.63) is 30.4 Å². The molecule has 1 aromatic rings. The van der Waals surface area contributed by atoms with Crippen molar-refractivity contribution in [3.8, 4) is 0 Å². The van der Waals surface area contributed by atoms with Gasteiger partial charge in [-0.3, -0.25) is 9.59 Å². The first kappa shape index (κ1) is 17.7. The number of imidazole rings is 1. The van der Waals surface area contributed by atoms with Crippen LogP contribution in [0.3, 0.4) is 0 Å². The summed E-state index contributed by atoms with van der Waals surface area (Å²) < 4.78 is 0. The Morgan fingerprint density at radius 3 is 3.04 bits per heavy atom. The van der Waals surface area contributed by atoms with E-state index in [0.29, 0.717) is 12.8 Å². The van der Waals surface area contributed by atoms with Crippen LogP contribution in [0.5, 0.6) is 0 Å². The molecule has 136 valence electrons. The maximum Gasteiger partial charge on any atom is 0.226 e. The second kappa shape index (κ2) is 7.85. The van der Waals surface area contributed by atoms with Crippen LogP contribution in [-0.2, 0) is 16.0 Å². The smallest absolute Gasteiger partial charge is 0.226 e. The normalized spacial score (nSPS) is 24.4. The van der Waals surface area contributed by atoms with Gasteiger partial charge in [0.25, 0.3) is 0 Å². The Hall–Kier alpha value is -2.11. The van der Waals surface area contributed by atoms with Crippen molar-refractivity contribution in [3.63, 3.8) is 0 Å². The van der Waals surface area contributed by atoms with E-state index in [-0.39, 0.29) is 17.2 Å². The SMILES string of the molecule is C/C=C/CC(=O)N1CCC[C@@]2(CCC(=O)N(CCc3cnc[nH]3)C2)C1. The zero-order valence-corrected chi connectivity index (χ0v) is 15.0. The lowest BCUT2D eigenvalue weighted by Gasteiger charge is -2.48. The molecule has 2 aliphatic rings. The number of hydrogen-bond acceptors (Lipinski definition) is 3. The molecule has 0 aliphatic carbocycles. The van der Waals surface area contributed by atoms with Crippen molar-refractivity contribution in [2.45, 2.75) is 45.4 Å². The lowest BCUT2D eigenvalue weighted by atomic mass is 9.73. The highest BCUT2D eigenvalue weighted by molar-refractivity contribution is 5.78. The van der Waals surface area contributed by atoms with E-state index in [2.05, 4.69) is 9.97 Å². The Kier molecular flexibility index (Phi) is 5.56. The van der Waals surface area contributed by atoms with Crippen molar-refractivity contribution < 1.29 is 9.59 Å². The minimum Gasteiger partial charge on any atom is -0.348 e. The molecule has 0 unspecified atom stereocenters. The molecule has 2 aliphatic heterocycles. The lowest BCUT2D eigenvalue weighted by molar-refractivity contribution is -0.142. The molecule has 25 heavy (non-hydrogen) atoms. The van der Waals surface area contributed by atoms with Gasteiger partial charge in [-0.1, -0.05) is 12.2 Å². The second-order valence-electron chi connectivity index (χ2n) is 7.33. The average molecular weight is 344 g/mol. The van der Waals surface area contributed by atoms with Crippen molar-refractivity contribution >= 4 is 11.8 Å². The molecule has 2 saturated heterocycles. The van der Waals surface area contributed by atoms with Crippen LogP contribution < -0.4 is 0 Å². The van der Waals surface area contributed by atoms with Gasteiger partial charge in [-0.05, 0) is 26.2 Å². The summed E-state index contributed by atoms with van der Waals surface area (Å²) in [7, 11) is 0. The van der Waals surface area contributed by atoms with Crippen molar-refractivity contribution in [2.24, 2.45) is 5.41 Å². The van der Waals surface area contributed by atoms with Crippen LogP contribution >= 0.6 is 0 Å². The van der Waals surface area contributed by atoms with Gasteiger partial charge in [0.05, 0.1) is 6.33 Å². The molecule has 2 fully saturated rings. The fraction of sp³-hybridized carbons (Fsp3) is 0.632. The van der Waals surface area contributed by atoms with Crippen LogP contribution in [0, 0.1) is 5.41 Å². The first-order valence-electron chi connectivity index (χ1n) is 9.26. The van der Waals surface area contributed by atoms with Gasteiger partial charge in [-0.2, -0.15) is 0 Å². The summed E-state index contributed by atoms with van der Waals surface area (Å²) in [5, 5.41) is 0. The van der Waals surface area contributed by atoms with Gasteiger partial charge in [-0.15, -0.1) is 0 Å². The van der Waals surface area contributed by atoms with Gasteiger partial charge >= 0.3 is 0 Å². The Morgan fingerprint density at radius 2 is 2.28 bits per heavy atom. The molecule has 6 heteroatoms. The number of amides is 2. The van der Waals surface area contributed by atoms with E-state index in [1.54, 1.807) is 6.33 Å². The number of rotatable bonds is 5. The minimum absolute atomic E-state index is 0.0751. The average Bonchev–Trinajstić information content (AvgIpc) is 3.14. The molecule has 1 atom stereocenters. The molecular formula is C19H28N4O2. The van der Waals surface area contributed by atoms with Gasteiger partial charge in [0.1, 0.15) is 0 Å². The van der Waals surface area contributed by atoms with Crippen LogP contribution in [-0.4, -0.2) is 57.8 Å². The summed E-state index contributed by atoms with van der Waals surface area (Å²) in [6, 6.07) is 0. The maximum atomic E-state index is 12.4. The van der Waals surface area contributed by atoms with E-state index in [9.17, 15) is 9.59 Å². The molecule has 0 aromatic carbocycles. The van der Waals surface area contributed by atoms with Gasteiger partial charge in [-0.25, -0.2) is 4.98 Å². The highest BCUT2D eigenvalue weighted by atomic mass is 16.2. The molecule has 3 heterocycles. The summed E-state index contributed by atoms with van der Waals surface area (Å²) in [5.74, 6) is 0.445. The number of allylic oxidation sites excluding steroid dienone is 1. The summed E-state index contributed by atoms with van der Waals surface area (Å²) in [5.41, 5.74) is 1.13. The molecule has 1 N–H and O–H groups in total. The topological polar surface area (TPSA) is 69.3 Å². The molecule has 6 nitrogen and oxygen atoms in total. The third kappa shape index (κ3) is 4.30. The molecule has 0 radical (unpaired) electrons. The van der Waals surface area contributed by atoms with Crippen molar-refractivity contribution in [1.29, 1.82) is 0 Å². The molecule has 3 rings (SSSR count). The molecule has 1 aromatic heterocycles. The summed E-state index contributed by atoms with van der Waals surface area (Å²) in [6.07, 6.45) is 12.2. The number of nitrogens with zero attached hydrogens (tertiary/aromatic N) is 3. The van der Waals surface area contributed by atoms with Crippen LogP contribution in [0.2, 0.25) is 0 Å². The number of aromatic amines is 1. The molecule has 1 spiro atoms. The fourth-order valence-corrected chi connectivity index (χ4v) is 4.08. The van der Waals surface area contributed by atoms with Crippen LogP contribution in [0.1, 0.15) is 44.7 Å². The third-order valence-electron chi connectivity index (χ3n) is 5.50. The van der Waals surface area contributed by atoms with Crippen LogP contribution in [0.25, 0.3) is 0 Å². The minimum atomic E-state index is 0.0751. The second-order valence-corrected chi connectivity index (χ2v) is 7.33. The number of likely N-dealkylation sites (tertiary alicyclic amines) is 2. The van der Waals surface area contributed by atoms with Crippen LogP contribution in [0.15, 0.2) is 24.7 Å². The predicted molar refractivity (Wildman–Crippen MR) is 95.8 cm³/mol. The first-order chi connectivity index (χ1) is 12.1.